The van der Waals surface area contributed by atoms with Crippen LogP contribution in [0.4, 0.5) is 16.2 Å². The summed E-state index contributed by atoms with van der Waals surface area (Å²) in [7, 11) is 0. The van der Waals surface area contributed by atoms with E-state index in [1.807, 2.05) is 61.4 Å². The van der Waals surface area contributed by atoms with Crippen LogP contribution in [0.25, 0.3) is 0 Å². The summed E-state index contributed by atoms with van der Waals surface area (Å²) >= 11 is 1.59. The maximum absolute atomic E-state index is 14.1. The number of carbonyl (C=O) groups excluding carboxylic acids is 3. The first kappa shape index (κ1) is 25.6. The minimum absolute atomic E-state index is 0.0517. The van der Waals surface area contributed by atoms with Crippen molar-refractivity contribution in [1.29, 1.82) is 0 Å². The summed E-state index contributed by atoms with van der Waals surface area (Å²) in [5.41, 5.74) is 1.66. The second-order valence-corrected chi connectivity index (χ2v) is 12.1. The van der Waals surface area contributed by atoms with Gasteiger partial charge in [-0.05, 0) is 76.1 Å². The summed E-state index contributed by atoms with van der Waals surface area (Å²) in [5, 5.41) is 5.03. The summed E-state index contributed by atoms with van der Waals surface area (Å²) in [6.07, 6.45) is 3.70. The van der Waals surface area contributed by atoms with Gasteiger partial charge in [-0.2, -0.15) is 0 Å². The van der Waals surface area contributed by atoms with Gasteiger partial charge in [0, 0.05) is 49.2 Å². The number of amides is 3. The number of nitrogens with one attached hydrogen (secondary N) is 1. The van der Waals surface area contributed by atoms with Gasteiger partial charge in [0.15, 0.2) is 0 Å². The predicted molar refractivity (Wildman–Crippen MR) is 145 cm³/mol. The third kappa shape index (κ3) is 5.92. The quantitative estimate of drug-likeness (QED) is 0.586. The Hall–Kier alpha value is -3.07. The summed E-state index contributed by atoms with van der Waals surface area (Å²) in [6, 6.07) is 9.38. The molecule has 198 valence electrons. The molecule has 1 atom stereocenters. The van der Waals surface area contributed by atoms with Gasteiger partial charge in [-0.25, -0.2) is 4.79 Å². The van der Waals surface area contributed by atoms with Crippen molar-refractivity contribution >= 4 is 40.6 Å². The van der Waals surface area contributed by atoms with E-state index in [0.29, 0.717) is 25.2 Å². The number of carbonyl (C=O) groups is 3. The number of thiophene rings is 1. The first-order valence-corrected chi connectivity index (χ1v) is 14.1. The SMILES string of the molecule is CC(C)(C)OC(=O)N1CCN(C(=O)c2ccc(NC(=O)C3CC3)cc2N2CCCC2)C(c2cccs2)C1. The van der Waals surface area contributed by atoms with Crippen molar-refractivity contribution in [2.75, 3.05) is 42.9 Å². The summed E-state index contributed by atoms with van der Waals surface area (Å²) < 4.78 is 5.62. The lowest BCUT2D eigenvalue weighted by molar-refractivity contribution is -0.117. The maximum atomic E-state index is 14.1. The highest BCUT2D eigenvalue weighted by Crippen LogP contribution is 2.36. The topological polar surface area (TPSA) is 82.2 Å². The minimum atomic E-state index is -0.580. The van der Waals surface area contributed by atoms with Crippen LogP contribution in [0.3, 0.4) is 0 Å². The Morgan fingerprint density at radius 1 is 1.03 bits per heavy atom. The smallest absolute Gasteiger partial charge is 0.410 e. The van der Waals surface area contributed by atoms with Gasteiger partial charge in [-0.1, -0.05) is 6.07 Å². The first-order valence-electron chi connectivity index (χ1n) is 13.2. The van der Waals surface area contributed by atoms with Gasteiger partial charge in [0.2, 0.25) is 5.91 Å². The molecule has 1 saturated carbocycles. The maximum Gasteiger partial charge on any atom is 0.410 e. The van der Waals surface area contributed by atoms with Gasteiger partial charge < -0.3 is 24.8 Å². The fourth-order valence-electron chi connectivity index (χ4n) is 5.00. The average Bonchev–Trinajstić information content (AvgIpc) is 3.31. The number of anilines is 2. The van der Waals surface area contributed by atoms with Crippen LogP contribution in [0.5, 0.6) is 0 Å². The predicted octanol–water partition coefficient (Wildman–Crippen LogP) is 5.13. The molecule has 1 aromatic heterocycles. The molecule has 0 bridgehead atoms. The highest BCUT2D eigenvalue weighted by Gasteiger charge is 2.37. The molecule has 3 aliphatic rings. The van der Waals surface area contributed by atoms with Crippen molar-refractivity contribution in [3.8, 4) is 0 Å². The van der Waals surface area contributed by atoms with E-state index in [4.69, 9.17) is 4.74 Å². The van der Waals surface area contributed by atoms with E-state index in [1.165, 1.54) is 0 Å². The Kier molecular flexibility index (Phi) is 7.16. The van der Waals surface area contributed by atoms with Gasteiger partial charge in [0.05, 0.1) is 17.3 Å². The van der Waals surface area contributed by atoms with Crippen LogP contribution in [0.2, 0.25) is 0 Å². The fourth-order valence-corrected chi connectivity index (χ4v) is 5.83. The molecular weight excluding hydrogens is 488 g/mol. The molecule has 0 spiro atoms. The molecule has 2 saturated heterocycles. The lowest BCUT2D eigenvalue weighted by atomic mass is 10.0. The Morgan fingerprint density at radius 2 is 1.78 bits per heavy atom. The molecule has 3 fully saturated rings. The summed E-state index contributed by atoms with van der Waals surface area (Å²) in [4.78, 5) is 46.2. The molecule has 3 heterocycles. The Bertz CT molecular complexity index is 1150. The monoisotopic (exact) mass is 524 g/mol. The zero-order valence-corrected chi connectivity index (χ0v) is 22.7. The van der Waals surface area contributed by atoms with Gasteiger partial charge in [-0.15, -0.1) is 11.3 Å². The van der Waals surface area contributed by atoms with E-state index < -0.39 is 5.60 Å². The minimum Gasteiger partial charge on any atom is -0.444 e. The van der Waals surface area contributed by atoms with Crippen LogP contribution in [0.15, 0.2) is 35.7 Å². The van der Waals surface area contributed by atoms with Crippen LogP contribution in [0.1, 0.15) is 67.7 Å². The number of hydrogen-bond donors (Lipinski definition) is 1. The Balaban J connectivity index is 1.41. The van der Waals surface area contributed by atoms with Gasteiger partial charge >= 0.3 is 6.09 Å². The van der Waals surface area contributed by atoms with Gasteiger partial charge in [0.25, 0.3) is 5.91 Å². The van der Waals surface area contributed by atoms with E-state index in [9.17, 15) is 14.4 Å². The van der Waals surface area contributed by atoms with Crippen molar-refractivity contribution in [3.63, 3.8) is 0 Å². The molecule has 3 amide bonds. The van der Waals surface area contributed by atoms with Crippen LogP contribution in [0, 0.1) is 5.92 Å². The molecule has 1 N–H and O–H groups in total. The van der Waals surface area contributed by atoms with Crippen molar-refractivity contribution in [1.82, 2.24) is 9.80 Å². The lowest BCUT2D eigenvalue weighted by Crippen LogP contribution is -2.53. The third-order valence-electron chi connectivity index (χ3n) is 7.06. The van der Waals surface area contributed by atoms with Crippen molar-refractivity contribution in [2.24, 2.45) is 5.92 Å². The van der Waals surface area contributed by atoms with E-state index in [1.54, 1.807) is 16.2 Å². The van der Waals surface area contributed by atoms with E-state index in [0.717, 1.165) is 55.0 Å². The Labute approximate surface area is 222 Å². The van der Waals surface area contributed by atoms with E-state index in [-0.39, 0.29) is 29.9 Å². The highest BCUT2D eigenvalue weighted by molar-refractivity contribution is 7.10. The molecule has 37 heavy (non-hydrogen) atoms. The van der Waals surface area contributed by atoms with Gasteiger partial charge in [-0.3, -0.25) is 9.59 Å². The van der Waals surface area contributed by atoms with E-state index in [2.05, 4.69) is 10.2 Å². The second kappa shape index (κ2) is 10.4. The normalized spacial score (nSPS) is 20.2. The zero-order valence-electron chi connectivity index (χ0n) is 21.9. The molecule has 1 aliphatic carbocycles. The Morgan fingerprint density at radius 3 is 2.43 bits per heavy atom. The number of nitrogens with zero attached hydrogens (tertiary/aromatic N) is 3. The molecule has 5 rings (SSSR count). The first-order chi connectivity index (χ1) is 17.7. The van der Waals surface area contributed by atoms with E-state index >= 15 is 0 Å². The molecular formula is C28H36N4O4S. The molecule has 8 nitrogen and oxygen atoms in total. The standard InChI is InChI=1S/C28H36N4O4S/c1-28(2,3)36-27(35)31-14-15-32(23(18-31)24-7-6-16-37-24)26(34)21-11-10-20(29-25(33)19-8-9-19)17-22(21)30-12-4-5-13-30/h6-7,10-11,16-17,19,23H,4-5,8-9,12-15,18H2,1-3H3,(H,29,33). The molecule has 2 aromatic rings. The molecule has 0 radical (unpaired) electrons. The third-order valence-corrected chi connectivity index (χ3v) is 8.03. The van der Waals surface area contributed by atoms with Crippen LogP contribution in [-0.4, -0.2) is 66.0 Å². The summed E-state index contributed by atoms with van der Waals surface area (Å²) in [6.45, 7) is 8.57. The van der Waals surface area contributed by atoms with Crippen LogP contribution in [-0.2, 0) is 9.53 Å². The lowest BCUT2D eigenvalue weighted by Gasteiger charge is -2.41. The van der Waals surface area contributed by atoms with Crippen molar-refractivity contribution in [3.05, 3.63) is 46.2 Å². The van der Waals surface area contributed by atoms with Crippen molar-refractivity contribution in [2.45, 2.75) is 58.1 Å². The van der Waals surface area contributed by atoms with Crippen LogP contribution >= 0.6 is 11.3 Å². The average molecular weight is 525 g/mol. The van der Waals surface area contributed by atoms with Crippen LogP contribution < -0.4 is 10.2 Å². The molecule has 1 aromatic carbocycles. The number of benzene rings is 1. The zero-order chi connectivity index (χ0) is 26.2. The molecule has 1 unspecified atom stereocenters. The number of ether oxygens (including phenoxy) is 1. The van der Waals surface area contributed by atoms with Gasteiger partial charge in [0.1, 0.15) is 5.60 Å². The highest BCUT2D eigenvalue weighted by atomic mass is 32.1. The number of rotatable bonds is 5. The number of hydrogen-bond acceptors (Lipinski definition) is 6. The largest absolute Gasteiger partial charge is 0.444 e. The van der Waals surface area contributed by atoms with Crippen molar-refractivity contribution < 1.29 is 19.1 Å². The number of piperazine rings is 1. The molecule has 9 heteroatoms. The second-order valence-electron chi connectivity index (χ2n) is 11.1. The fraction of sp³-hybridized carbons (Fsp3) is 0.536. The molecule has 2 aliphatic heterocycles. The summed E-state index contributed by atoms with van der Waals surface area (Å²) in [5.74, 6) is 0.121.